The summed E-state index contributed by atoms with van der Waals surface area (Å²) in [7, 11) is 0. The van der Waals surface area contributed by atoms with Crippen molar-refractivity contribution >= 4 is 0 Å². The summed E-state index contributed by atoms with van der Waals surface area (Å²) in [6, 6.07) is 0. The normalized spacial score (nSPS) is 48.7. The van der Waals surface area contributed by atoms with Crippen LogP contribution in [-0.4, -0.2) is 11.7 Å². The summed E-state index contributed by atoms with van der Waals surface area (Å²) >= 11 is 0. The Bertz CT molecular complexity index is 573. The van der Waals surface area contributed by atoms with Crippen molar-refractivity contribution in [1.82, 2.24) is 0 Å². The zero-order valence-corrected chi connectivity index (χ0v) is 16.1. The molecule has 4 aliphatic carbocycles. The Balaban J connectivity index is 1.68. The van der Waals surface area contributed by atoms with Gasteiger partial charge in [0.2, 0.25) is 0 Å². The van der Waals surface area contributed by atoms with E-state index in [-0.39, 0.29) is 0 Å². The van der Waals surface area contributed by atoms with Crippen molar-refractivity contribution in [3.8, 4) is 0 Å². The highest BCUT2D eigenvalue weighted by molar-refractivity contribution is 5.38. The Morgan fingerprint density at radius 3 is 2.62 bits per heavy atom. The highest BCUT2D eigenvalue weighted by Crippen LogP contribution is 2.66. The molecule has 7 atom stereocenters. The molecule has 0 spiro atoms. The lowest BCUT2D eigenvalue weighted by molar-refractivity contribution is 0.0336. The minimum absolute atomic E-state index is 0.356. The molecule has 4 rings (SSSR count). The molecular formula is C23H36O. The number of hydrogen-bond acceptors (Lipinski definition) is 1. The molecule has 0 aromatic rings. The zero-order chi connectivity index (χ0) is 17.1. The Morgan fingerprint density at radius 2 is 1.88 bits per heavy atom. The summed E-state index contributed by atoms with van der Waals surface area (Å²) < 4.78 is 0. The largest absolute Gasteiger partial charge is 0.396 e. The lowest BCUT2D eigenvalue weighted by Crippen LogP contribution is -2.46. The van der Waals surface area contributed by atoms with Crippen LogP contribution in [0, 0.1) is 40.4 Å². The molecule has 0 unspecified atom stereocenters. The van der Waals surface area contributed by atoms with Crippen molar-refractivity contribution in [3.05, 3.63) is 23.3 Å². The Hall–Kier alpha value is -0.560. The molecule has 134 valence electrons. The number of hydrogen-bond donors (Lipinski definition) is 1. The quantitative estimate of drug-likeness (QED) is 0.684. The molecular weight excluding hydrogens is 292 g/mol. The van der Waals surface area contributed by atoms with E-state index in [9.17, 15) is 5.11 Å². The first-order valence-electron chi connectivity index (χ1n) is 10.4. The van der Waals surface area contributed by atoms with Crippen molar-refractivity contribution in [3.63, 3.8) is 0 Å². The minimum Gasteiger partial charge on any atom is -0.396 e. The number of fused-ring (bicyclic) bond motifs is 5. The van der Waals surface area contributed by atoms with Gasteiger partial charge in [0, 0.05) is 6.61 Å². The van der Waals surface area contributed by atoms with E-state index in [2.05, 4.69) is 39.8 Å². The molecule has 0 saturated heterocycles. The summed E-state index contributed by atoms with van der Waals surface area (Å²) in [5.74, 6) is 3.60. The van der Waals surface area contributed by atoms with Gasteiger partial charge in [0.25, 0.3) is 0 Å². The van der Waals surface area contributed by atoms with Gasteiger partial charge < -0.3 is 5.11 Å². The predicted molar refractivity (Wildman–Crippen MR) is 101 cm³/mol. The standard InChI is InChI=1S/C23H36O/c1-15-9-11-22(3)17(13-15)5-6-18-20-8-7-19(16(2)14-24)23(20,4)12-10-21(18)22/h5-6,15-16,19-21,24H,7-14H2,1-4H3/t15-,16-,19+,20-,21-,22-,23+/m0/s1. The Morgan fingerprint density at radius 1 is 1.08 bits per heavy atom. The first kappa shape index (κ1) is 16.9. The molecule has 3 fully saturated rings. The molecule has 0 aliphatic heterocycles. The third-order valence-electron chi connectivity index (χ3n) is 8.87. The van der Waals surface area contributed by atoms with Crippen LogP contribution in [0.15, 0.2) is 23.3 Å². The maximum atomic E-state index is 9.73. The molecule has 0 bridgehead atoms. The molecule has 1 heteroatoms. The van der Waals surface area contributed by atoms with Crippen LogP contribution in [0.2, 0.25) is 0 Å². The second kappa shape index (κ2) is 5.73. The SMILES string of the molecule is C[C@H]1CC[C@@]2(C)C(=CC=C3[C@@H]4CC[C@H]([C@@H](C)CO)[C@@]4(C)CC[C@@H]32)C1. The summed E-state index contributed by atoms with van der Waals surface area (Å²) in [5, 5.41) is 9.73. The fourth-order valence-corrected chi connectivity index (χ4v) is 7.29. The summed E-state index contributed by atoms with van der Waals surface area (Å²) in [5.41, 5.74) is 4.40. The average Bonchev–Trinajstić information content (AvgIpc) is 2.92. The molecule has 0 heterocycles. The smallest absolute Gasteiger partial charge is 0.0459 e. The van der Waals surface area contributed by atoms with Gasteiger partial charge in [-0.2, -0.15) is 0 Å². The fourth-order valence-electron chi connectivity index (χ4n) is 7.29. The van der Waals surface area contributed by atoms with Crippen molar-refractivity contribution in [2.24, 2.45) is 40.4 Å². The van der Waals surface area contributed by atoms with E-state index in [1.807, 2.05) is 0 Å². The minimum atomic E-state index is 0.356. The maximum Gasteiger partial charge on any atom is 0.0459 e. The molecule has 4 aliphatic rings. The molecule has 0 aromatic heterocycles. The van der Waals surface area contributed by atoms with Gasteiger partial charge in [-0.05, 0) is 85.4 Å². The molecule has 0 radical (unpaired) electrons. The van der Waals surface area contributed by atoms with Gasteiger partial charge in [0.05, 0.1) is 0 Å². The van der Waals surface area contributed by atoms with Gasteiger partial charge in [-0.3, -0.25) is 0 Å². The first-order valence-corrected chi connectivity index (χ1v) is 10.4. The van der Waals surface area contributed by atoms with Gasteiger partial charge in [-0.25, -0.2) is 0 Å². The van der Waals surface area contributed by atoms with Crippen LogP contribution in [-0.2, 0) is 0 Å². The monoisotopic (exact) mass is 328 g/mol. The summed E-state index contributed by atoms with van der Waals surface area (Å²) in [6.45, 7) is 10.2. The zero-order valence-electron chi connectivity index (χ0n) is 16.1. The van der Waals surface area contributed by atoms with E-state index in [0.29, 0.717) is 29.3 Å². The van der Waals surface area contributed by atoms with Gasteiger partial charge in [-0.1, -0.05) is 51.0 Å². The second-order valence-corrected chi connectivity index (χ2v) is 10.1. The molecule has 0 amide bonds. The Kier molecular flexibility index (Phi) is 4.03. The Labute approximate surface area is 148 Å². The van der Waals surface area contributed by atoms with Crippen molar-refractivity contribution < 1.29 is 5.11 Å². The highest BCUT2D eigenvalue weighted by Gasteiger charge is 2.56. The average molecular weight is 329 g/mol. The van der Waals surface area contributed by atoms with E-state index in [1.54, 1.807) is 11.1 Å². The number of aliphatic hydroxyl groups is 1. The lowest BCUT2D eigenvalue weighted by Gasteiger charge is -2.55. The molecule has 1 nitrogen and oxygen atoms in total. The van der Waals surface area contributed by atoms with Crippen LogP contribution in [0.1, 0.15) is 72.6 Å². The highest BCUT2D eigenvalue weighted by atomic mass is 16.3. The molecule has 0 aromatic carbocycles. The van der Waals surface area contributed by atoms with Crippen molar-refractivity contribution in [2.75, 3.05) is 6.61 Å². The van der Waals surface area contributed by atoms with E-state index < -0.39 is 0 Å². The van der Waals surface area contributed by atoms with Crippen LogP contribution in [0.4, 0.5) is 0 Å². The van der Waals surface area contributed by atoms with E-state index in [0.717, 1.165) is 17.8 Å². The second-order valence-electron chi connectivity index (χ2n) is 10.1. The number of allylic oxidation sites excluding steroid dienone is 4. The van der Waals surface area contributed by atoms with Crippen molar-refractivity contribution in [2.45, 2.75) is 72.6 Å². The van der Waals surface area contributed by atoms with Gasteiger partial charge in [-0.15, -0.1) is 0 Å². The first-order chi connectivity index (χ1) is 11.4. The predicted octanol–water partition coefficient (Wildman–Crippen LogP) is 5.75. The lowest BCUT2D eigenvalue weighted by atomic mass is 9.49. The van der Waals surface area contributed by atoms with Gasteiger partial charge >= 0.3 is 0 Å². The van der Waals surface area contributed by atoms with Crippen LogP contribution in [0.25, 0.3) is 0 Å². The molecule has 1 N–H and O–H groups in total. The van der Waals surface area contributed by atoms with Crippen LogP contribution in [0.3, 0.4) is 0 Å². The molecule has 24 heavy (non-hydrogen) atoms. The van der Waals surface area contributed by atoms with Gasteiger partial charge in [0.15, 0.2) is 0 Å². The third-order valence-corrected chi connectivity index (χ3v) is 8.87. The summed E-state index contributed by atoms with van der Waals surface area (Å²) in [6.07, 6.45) is 14.6. The van der Waals surface area contributed by atoms with E-state index >= 15 is 0 Å². The van der Waals surface area contributed by atoms with Crippen LogP contribution >= 0.6 is 0 Å². The number of rotatable bonds is 2. The van der Waals surface area contributed by atoms with Crippen molar-refractivity contribution in [1.29, 1.82) is 0 Å². The van der Waals surface area contributed by atoms with Gasteiger partial charge in [0.1, 0.15) is 0 Å². The summed E-state index contributed by atoms with van der Waals surface area (Å²) in [4.78, 5) is 0. The molecule has 3 saturated carbocycles. The van der Waals surface area contributed by atoms with Crippen LogP contribution < -0.4 is 0 Å². The van der Waals surface area contributed by atoms with E-state index in [1.165, 1.54) is 44.9 Å². The third kappa shape index (κ3) is 2.23. The number of aliphatic hydroxyl groups excluding tert-OH is 1. The topological polar surface area (TPSA) is 20.2 Å². The van der Waals surface area contributed by atoms with E-state index in [4.69, 9.17) is 0 Å². The fraction of sp³-hybridized carbons (Fsp3) is 0.826. The maximum absolute atomic E-state index is 9.73. The van der Waals surface area contributed by atoms with Crippen LogP contribution in [0.5, 0.6) is 0 Å².